The normalized spacial score (nSPS) is 17.8. The summed E-state index contributed by atoms with van der Waals surface area (Å²) in [6, 6.07) is 0. The van der Waals surface area contributed by atoms with Gasteiger partial charge in [-0.1, -0.05) is 12.8 Å². The molecule has 17 heavy (non-hydrogen) atoms. The number of carbonyl (C=O) groups is 2. The van der Waals surface area contributed by atoms with Crippen molar-refractivity contribution in [3.8, 4) is 0 Å². The Bertz CT molecular complexity index is 273. The summed E-state index contributed by atoms with van der Waals surface area (Å²) in [5, 5.41) is 2.79. The summed E-state index contributed by atoms with van der Waals surface area (Å²) < 4.78 is 4.51. The minimum absolute atomic E-state index is 0.0146. The first-order chi connectivity index (χ1) is 8.06. The molecular weight excluding hydrogens is 220 g/mol. The number of esters is 1. The molecule has 1 amide bonds. The van der Waals surface area contributed by atoms with E-state index in [1.165, 1.54) is 7.11 Å². The fraction of sp³-hybridized carbons (Fsp3) is 0.833. The van der Waals surface area contributed by atoms with E-state index in [9.17, 15) is 9.59 Å². The van der Waals surface area contributed by atoms with Crippen LogP contribution in [-0.2, 0) is 14.3 Å². The van der Waals surface area contributed by atoms with Gasteiger partial charge >= 0.3 is 5.97 Å². The van der Waals surface area contributed by atoms with Gasteiger partial charge in [-0.2, -0.15) is 0 Å². The van der Waals surface area contributed by atoms with Crippen molar-refractivity contribution in [2.24, 2.45) is 5.73 Å². The molecule has 1 fully saturated rings. The molecular formula is C12H22N2O3. The second-order valence-electron chi connectivity index (χ2n) is 4.78. The number of hydrogen-bond donors (Lipinski definition) is 2. The molecule has 0 spiro atoms. The zero-order chi connectivity index (χ0) is 12.7. The predicted octanol–water partition coefficient (Wildman–Crippen LogP) is 0.717. The van der Waals surface area contributed by atoms with Crippen LogP contribution in [0.4, 0.5) is 0 Å². The summed E-state index contributed by atoms with van der Waals surface area (Å²) in [4.78, 5) is 22.4. The standard InChI is InChI=1S/C12H22N2O3/c1-17-11(16)5-4-8-14-10(15)9-12(13)6-2-3-7-12/h2-9,13H2,1H3,(H,14,15). The molecule has 98 valence electrons. The van der Waals surface area contributed by atoms with Crippen LogP contribution in [0.15, 0.2) is 0 Å². The van der Waals surface area contributed by atoms with Gasteiger partial charge in [-0.15, -0.1) is 0 Å². The Kier molecular flexibility index (Phi) is 5.41. The Hall–Kier alpha value is -1.10. The third kappa shape index (κ3) is 5.17. The third-order valence-electron chi connectivity index (χ3n) is 3.22. The van der Waals surface area contributed by atoms with Crippen molar-refractivity contribution >= 4 is 11.9 Å². The average molecular weight is 242 g/mol. The molecule has 0 saturated heterocycles. The first-order valence-electron chi connectivity index (χ1n) is 6.18. The first kappa shape index (κ1) is 14.0. The number of methoxy groups -OCH3 is 1. The van der Waals surface area contributed by atoms with Crippen LogP contribution in [0.3, 0.4) is 0 Å². The van der Waals surface area contributed by atoms with Crippen LogP contribution in [0.25, 0.3) is 0 Å². The number of nitrogens with one attached hydrogen (secondary N) is 1. The second-order valence-corrected chi connectivity index (χ2v) is 4.78. The van der Waals surface area contributed by atoms with E-state index in [1.54, 1.807) is 0 Å². The topological polar surface area (TPSA) is 81.4 Å². The summed E-state index contributed by atoms with van der Waals surface area (Å²) in [7, 11) is 1.36. The van der Waals surface area contributed by atoms with Gasteiger partial charge in [0.05, 0.1) is 7.11 Å². The van der Waals surface area contributed by atoms with Crippen LogP contribution in [0.1, 0.15) is 44.9 Å². The van der Waals surface area contributed by atoms with E-state index < -0.39 is 0 Å². The number of ether oxygens (including phenoxy) is 1. The molecule has 0 aliphatic heterocycles. The monoisotopic (exact) mass is 242 g/mol. The molecule has 0 heterocycles. The van der Waals surface area contributed by atoms with Gasteiger partial charge in [-0.25, -0.2) is 0 Å². The molecule has 0 aromatic rings. The van der Waals surface area contributed by atoms with Gasteiger partial charge < -0.3 is 15.8 Å². The van der Waals surface area contributed by atoms with Gasteiger partial charge in [0.15, 0.2) is 0 Å². The van der Waals surface area contributed by atoms with E-state index in [1.807, 2.05) is 0 Å². The van der Waals surface area contributed by atoms with Crippen LogP contribution in [0.2, 0.25) is 0 Å². The molecule has 0 atom stereocenters. The number of rotatable bonds is 6. The van der Waals surface area contributed by atoms with Crippen LogP contribution < -0.4 is 11.1 Å². The smallest absolute Gasteiger partial charge is 0.305 e. The lowest BCUT2D eigenvalue weighted by molar-refractivity contribution is -0.140. The molecule has 0 aromatic heterocycles. The quantitative estimate of drug-likeness (QED) is 0.531. The van der Waals surface area contributed by atoms with Crippen molar-refractivity contribution in [1.82, 2.24) is 5.32 Å². The zero-order valence-electron chi connectivity index (χ0n) is 10.5. The third-order valence-corrected chi connectivity index (χ3v) is 3.22. The van der Waals surface area contributed by atoms with Gasteiger partial charge in [0.1, 0.15) is 0 Å². The summed E-state index contributed by atoms with van der Waals surface area (Å²) in [5.41, 5.74) is 5.80. The number of nitrogens with two attached hydrogens (primary N) is 1. The predicted molar refractivity (Wildman–Crippen MR) is 64.3 cm³/mol. The minimum atomic E-state index is -0.299. The first-order valence-corrected chi connectivity index (χ1v) is 6.18. The molecule has 1 aliphatic rings. The lowest BCUT2D eigenvalue weighted by atomic mass is 9.94. The maximum atomic E-state index is 11.6. The Morgan fingerprint density at radius 2 is 2.00 bits per heavy atom. The van der Waals surface area contributed by atoms with Crippen molar-refractivity contribution in [1.29, 1.82) is 0 Å². The van der Waals surface area contributed by atoms with E-state index in [-0.39, 0.29) is 17.4 Å². The maximum absolute atomic E-state index is 11.6. The van der Waals surface area contributed by atoms with E-state index in [0.717, 1.165) is 25.7 Å². The van der Waals surface area contributed by atoms with E-state index in [0.29, 0.717) is 25.8 Å². The van der Waals surface area contributed by atoms with E-state index in [2.05, 4.69) is 10.1 Å². The highest BCUT2D eigenvalue weighted by molar-refractivity contribution is 5.77. The van der Waals surface area contributed by atoms with Crippen LogP contribution in [-0.4, -0.2) is 31.1 Å². The lowest BCUT2D eigenvalue weighted by Gasteiger charge is -2.22. The van der Waals surface area contributed by atoms with Gasteiger partial charge in [0.25, 0.3) is 0 Å². The van der Waals surface area contributed by atoms with Crippen molar-refractivity contribution in [3.63, 3.8) is 0 Å². The van der Waals surface area contributed by atoms with Crippen LogP contribution in [0, 0.1) is 0 Å². The maximum Gasteiger partial charge on any atom is 0.305 e. The molecule has 5 nitrogen and oxygen atoms in total. The Morgan fingerprint density at radius 1 is 1.35 bits per heavy atom. The summed E-state index contributed by atoms with van der Waals surface area (Å²) in [6.45, 7) is 0.504. The van der Waals surface area contributed by atoms with Crippen molar-refractivity contribution < 1.29 is 14.3 Å². The largest absolute Gasteiger partial charge is 0.469 e. The molecule has 0 bridgehead atoms. The molecule has 3 N–H and O–H groups in total. The molecule has 1 saturated carbocycles. The van der Waals surface area contributed by atoms with Gasteiger partial charge in [-0.3, -0.25) is 9.59 Å². The lowest BCUT2D eigenvalue weighted by Crippen LogP contribution is -2.42. The summed E-state index contributed by atoms with van der Waals surface area (Å²) in [6.07, 6.45) is 5.44. The second kappa shape index (κ2) is 6.59. The van der Waals surface area contributed by atoms with Gasteiger partial charge in [0.2, 0.25) is 5.91 Å². The fourth-order valence-electron chi connectivity index (χ4n) is 2.20. The number of amides is 1. The highest BCUT2D eigenvalue weighted by Crippen LogP contribution is 2.29. The minimum Gasteiger partial charge on any atom is -0.469 e. The molecule has 0 aromatic carbocycles. The molecule has 1 aliphatic carbocycles. The Morgan fingerprint density at radius 3 is 2.59 bits per heavy atom. The highest BCUT2D eigenvalue weighted by Gasteiger charge is 2.31. The van der Waals surface area contributed by atoms with E-state index >= 15 is 0 Å². The van der Waals surface area contributed by atoms with Crippen LogP contribution in [0.5, 0.6) is 0 Å². The Labute approximate surface area is 102 Å². The highest BCUT2D eigenvalue weighted by atomic mass is 16.5. The van der Waals surface area contributed by atoms with Gasteiger partial charge in [0, 0.05) is 24.9 Å². The average Bonchev–Trinajstić information content (AvgIpc) is 2.70. The number of hydrogen-bond acceptors (Lipinski definition) is 4. The fourth-order valence-corrected chi connectivity index (χ4v) is 2.20. The molecule has 1 rings (SSSR count). The van der Waals surface area contributed by atoms with Crippen molar-refractivity contribution in [2.45, 2.75) is 50.5 Å². The van der Waals surface area contributed by atoms with Crippen LogP contribution >= 0.6 is 0 Å². The van der Waals surface area contributed by atoms with E-state index in [4.69, 9.17) is 5.73 Å². The van der Waals surface area contributed by atoms with Crippen molar-refractivity contribution in [3.05, 3.63) is 0 Å². The number of carbonyl (C=O) groups excluding carboxylic acids is 2. The van der Waals surface area contributed by atoms with Crippen molar-refractivity contribution in [2.75, 3.05) is 13.7 Å². The molecule has 0 radical (unpaired) electrons. The molecule has 5 heteroatoms. The SMILES string of the molecule is COC(=O)CCCNC(=O)CC1(N)CCCC1. The summed E-state index contributed by atoms with van der Waals surface area (Å²) in [5.74, 6) is -0.260. The zero-order valence-corrected chi connectivity index (χ0v) is 10.5. The molecule has 0 unspecified atom stereocenters. The summed E-state index contributed by atoms with van der Waals surface area (Å²) >= 11 is 0. The van der Waals surface area contributed by atoms with Gasteiger partial charge in [-0.05, 0) is 19.3 Å². The Balaban J connectivity index is 2.11.